The summed E-state index contributed by atoms with van der Waals surface area (Å²) in [5.74, 6) is -1.82. The van der Waals surface area contributed by atoms with Gasteiger partial charge in [-0.3, -0.25) is 0 Å². The number of benzene rings is 4. The first-order valence-electron chi connectivity index (χ1n) is 37.5. The van der Waals surface area contributed by atoms with Crippen LogP contribution in [0.1, 0.15) is 105 Å². The van der Waals surface area contributed by atoms with Crippen LogP contribution < -0.4 is 18.3 Å². The number of hydrogen-bond donors (Lipinski definition) is 0. The summed E-state index contributed by atoms with van der Waals surface area (Å²) in [6.07, 6.45) is 10.7. The van der Waals surface area contributed by atoms with Gasteiger partial charge in [0.1, 0.15) is 28.2 Å². The van der Waals surface area contributed by atoms with Crippen molar-refractivity contribution in [2.24, 2.45) is 28.2 Å². The molecular weight excluding hydrogens is 1160 g/mol. The van der Waals surface area contributed by atoms with Gasteiger partial charge in [0.15, 0.2) is 47.1 Å². The molecular formula is C82H80N8O4+4. The Morgan fingerprint density at radius 2 is 0.872 bits per heavy atom. The molecule has 12 heterocycles. The Hall–Kier alpha value is -10.7. The highest BCUT2D eigenvalue weighted by Gasteiger charge is 2.27. The zero-order chi connectivity index (χ0) is 77.0. The molecule has 0 saturated carbocycles. The quantitative estimate of drug-likeness (QED) is 0.156. The van der Waals surface area contributed by atoms with Gasteiger partial charge in [-0.2, -0.15) is 0 Å². The summed E-state index contributed by atoms with van der Waals surface area (Å²) in [4.78, 5) is 17.6. The predicted molar refractivity (Wildman–Crippen MR) is 379 cm³/mol. The average molecular weight is 1250 g/mol. The highest BCUT2D eigenvalue weighted by atomic mass is 16.4. The average Bonchev–Trinajstić information content (AvgIpc) is 1.63. The first-order chi connectivity index (χ1) is 50.3. The lowest BCUT2D eigenvalue weighted by molar-refractivity contribution is -0.660. The second-order valence-electron chi connectivity index (χ2n) is 24.4. The van der Waals surface area contributed by atoms with Gasteiger partial charge in [-0.05, 0) is 187 Å². The van der Waals surface area contributed by atoms with E-state index in [1.807, 2.05) is 39.0 Å². The number of aromatic nitrogens is 8. The fraction of sp³-hybridized carbons (Fsp3) is 0.220. The third-order valence-electron chi connectivity index (χ3n) is 17.6. The number of fused-ring (bicyclic) bond motifs is 12. The summed E-state index contributed by atoms with van der Waals surface area (Å²) in [6, 6.07) is 42.7. The lowest BCUT2D eigenvalue weighted by Gasteiger charge is -2.10. The molecule has 468 valence electrons. The largest absolute Gasteiger partial charge is 0.437 e. The summed E-state index contributed by atoms with van der Waals surface area (Å²) < 4.78 is 136. The third kappa shape index (κ3) is 11.2. The number of hydrogen-bond acceptors (Lipinski definition) is 8. The van der Waals surface area contributed by atoms with E-state index in [1.54, 1.807) is 116 Å². The molecule has 1 atom stereocenters. The fourth-order valence-corrected chi connectivity index (χ4v) is 12.8. The van der Waals surface area contributed by atoms with Crippen molar-refractivity contribution in [2.45, 2.75) is 95.6 Å². The van der Waals surface area contributed by atoms with E-state index in [2.05, 4.69) is 137 Å². The number of pyridine rings is 8. The second-order valence-corrected chi connectivity index (χ2v) is 24.4. The topological polar surface area (TPSA) is 120 Å². The van der Waals surface area contributed by atoms with Crippen LogP contribution in [0.5, 0.6) is 0 Å². The maximum Gasteiger partial charge on any atom is 0.227 e. The molecule has 12 aromatic heterocycles. The molecule has 4 aromatic carbocycles. The first-order valence-corrected chi connectivity index (χ1v) is 31.0. The highest BCUT2D eigenvalue weighted by molar-refractivity contribution is 6.13. The Morgan fingerprint density at radius 1 is 0.383 bits per heavy atom. The number of nitrogens with zero attached hydrogens (tertiary/aromatic N) is 8. The van der Waals surface area contributed by atoms with Crippen LogP contribution in [0.3, 0.4) is 0 Å². The third-order valence-corrected chi connectivity index (χ3v) is 17.6. The van der Waals surface area contributed by atoms with Crippen LogP contribution in [0.25, 0.3) is 133 Å². The molecule has 0 amide bonds. The van der Waals surface area contributed by atoms with Crippen molar-refractivity contribution in [3.63, 3.8) is 0 Å². The summed E-state index contributed by atoms with van der Waals surface area (Å²) in [7, 11) is 7.71. The van der Waals surface area contributed by atoms with Crippen LogP contribution in [0, 0.1) is 75.9 Å². The van der Waals surface area contributed by atoms with Crippen LogP contribution in [0.4, 0.5) is 0 Å². The van der Waals surface area contributed by atoms with Gasteiger partial charge in [0.05, 0.1) is 22.3 Å². The molecule has 0 N–H and O–H groups in total. The molecule has 0 bridgehead atoms. The lowest BCUT2D eigenvalue weighted by atomic mass is 9.95. The van der Waals surface area contributed by atoms with Crippen molar-refractivity contribution in [2.75, 3.05) is 0 Å². The molecule has 16 rings (SSSR count). The van der Waals surface area contributed by atoms with Gasteiger partial charge >= 0.3 is 0 Å². The zero-order valence-electron chi connectivity index (χ0n) is 67.9. The van der Waals surface area contributed by atoms with Gasteiger partial charge in [-0.1, -0.05) is 50.2 Å². The van der Waals surface area contributed by atoms with Gasteiger partial charge in [0.2, 0.25) is 45.6 Å². The SMILES string of the molecule is Cc1ccc(-c2c(C)ccc3c2oc2nc(C)ccc23)[n+](C)c1.Cc1ccc2c(n1)oc1c(-c3cccc[n+]3C)c(C)ccc12.[2H]C([2H])([2H])c1c[n+](C)c(-c2c(C)cc(C([2H])([2H])[2H])c3c2oc2ncccc23)cc1C.[2H]C([2H])([2H])c1cc(C)c(-c2cc(C([2H])(C)C([2H])([2H])[2H])cc[n+]2C)c2oc3ncccc3c12. The van der Waals surface area contributed by atoms with Crippen molar-refractivity contribution < 1.29 is 53.8 Å². The molecule has 0 fully saturated rings. The van der Waals surface area contributed by atoms with E-state index in [4.69, 9.17) is 35.5 Å². The molecule has 0 aliphatic carbocycles. The Labute approximate surface area is 566 Å². The van der Waals surface area contributed by atoms with E-state index < -0.39 is 33.3 Å². The van der Waals surface area contributed by atoms with Crippen LogP contribution in [0.2, 0.25) is 0 Å². The highest BCUT2D eigenvalue weighted by Crippen LogP contribution is 2.42. The minimum atomic E-state index is -2.52. The molecule has 0 aliphatic heterocycles. The molecule has 1 unspecified atom stereocenters. The van der Waals surface area contributed by atoms with Crippen molar-refractivity contribution in [3.05, 3.63) is 238 Å². The monoisotopic (exact) mass is 1250 g/mol. The number of rotatable bonds is 5. The van der Waals surface area contributed by atoms with Gasteiger partial charge in [-0.15, -0.1) is 0 Å². The van der Waals surface area contributed by atoms with Crippen LogP contribution in [-0.4, -0.2) is 19.9 Å². The molecule has 94 heavy (non-hydrogen) atoms. The fourth-order valence-electron chi connectivity index (χ4n) is 12.8. The Balaban J connectivity index is 0.000000127. The van der Waals surface area contributed by atoms with Gasteiger partial charge in [-0.25, -0.2) is 38.2 Å². The Bertz CT molecular complexity index is 6240. The second kappa shape index (κ2) is 24.7. The molecule has 0 radical (unpaired) electrons. The molecule has 0 spiro atoms. The van der Waals surface area contributed by atoms with E-state index in [1.165, 1.54) is 23.6 Å². The van der Waals surface area contributed by atoms with Gasteiger partial charge < -0.3 is 17.7 Å². The van der Waals surface area contributed by atoms with Crippen LogP contribution in [-0.2, 0) is 28.2 Å². The number of aryl methyl sites for hydroxylation is 15. The smallest absolute Gasteiger partial charge is 0.227 e. The summed E-state index contributed by atoms with van der Waals surface area (Å²) in [5.41, 5.74) is 20.6. The van der Waals surface area contributed by atoms with Crippen molar-refractivity contribution >= 4 is 88.3 Å². The normalized spacial score (nSPS) is 14.8. The summed E-state index contributed by atoms with van der Waals surface area (Å²) >= 11 is 0. The zero-order valence-corrected chi connectivity index (χ0v) is 54.9. The minimum Gasteiger partial charge on any atom is -0.437 e. The summed E-state index contributed by atoms with van der Waals surface area (Å²) in [5, 5.41) is 6.59. The number of furan rings is 4. The molecule has 12 nitrogen and oxygen atoms in total. The van der Waals surface area contributed by atoms with Gasteiger partial charge in [0, 0.05) is 132 Å². The first kappa shape index (κ1) is 48.1. The summed E-state index contributed by atoms with van der Waals surface area (Å²) in [6.45, 7) is 7.63. The minimum absolute atomic E-state index is 0.173. The Kier molecular flexibility index (Phi) is 12.6. The maximum absolute atomic E-state index is 8.49. The molecule has 16 aromatic rings. The van der Waals surface area contributed by atoms with Crippen LogP contribution >= 0.6 is 0 Å². The predicted octanol–water partition coefficient (Wildman–Crippen LogP) is 18.4. The van der Waals surface area contributed by atoms with Gasteiger partial charge in [0.25, 0.3) is 0 Å². The maximum atomic E-state index is 8.49. The van der Waals surface area contributed by atoms with E-state index in [-0.39, 0.29) is 16.7 Å². The molecule has 0 saturated heterocycles. The Morgan fingerprint density at radius 3 is 1.39 bits per heavy atom. The standard InChI is InChI=1S/C22H23N2O.C21H21N2O.C20H19N2O.C19H17N2O/c1-13(2)16-8-10-24(5)18(12-16)20-15(4)11-14(3)19-17-7-6-9-23-22(17)25-21(19)20;1-12-10-17(23(5)11-15(12)4)19-14(3)9-13(2)18-16-7-6-8-22-21(16)24-20(18)19;1-12-5-10-17(22(4)11-12)18-13(2)6-8-15-16-9-7-14(3)21-20(16)23-19(15)18;1-12-7-9-14-15-10-8-13(2)20-19(15)22-18(14)17(12)16-6-4-5-11-21(16)3/h6-13H,1-5H3;6-11H,1-5H3;5-11H,1-4H3;4-11H,1-3H3/q4*+1/i1D3,3D3,13D;2D3,4D3;;. The van der Waals surface area contributed by atoms with Crippen molar-refractivity contribution in [3.8, 4) is 45.0 Å². The van der Waals surface area contributed by atoms with E-state index >= 15 is 0 Å². The van der Waals surface area contributed by atoms with E-state index in [9.17, 15) is 0 Å². The molecule has 0 aliphatic rings. The van der Waals surface area contributed by atoms with Crippen molar-refractivity contribution in [1.29, 1.82) is 0 Å². The van der Waals surface area contributed by atoms with E-state index in [0.29, 0.717) is 83.5 Å². The van der Waals surface area contributed by atoms with Crippen molar-refractivity contribution in [1.82, 2.24) is 19.9 Å². The van der Waals surface area contributed by atoms with E-state index in [0.717, 1.165) is 83.4 Å². The van der Waals surface area contributed by atoms with Crippen LogP contribution in [0.15, 0.2) is 188 Å². The molecule has 12 heteroatoms. The lowest BCUT2D eigenvalue weighted by Crippen LogP contribution is -2.31.